The van der Waals surface area contributed by atoms with E-state index < -0.39 is 0 Å². The van der Waals surface area contributed by atoms with Gasteiger partial charge < -0.3 is 10.4 Å². The maximum absolute atomic E-state index is 9.31. The van der Waals surface area contributed by atoms with Crippen molar-refractivity contribution >= 4 is 16.5 Å². The summed E-state index contributed by atoms with van der Waals surface area (Å²) in [5, 5.41) is 22.3. The number of aliphatic hydroxyl groups is 1. The van der Waals surface area contributed by atoms with Gasteiger partial charge in [0.2, 0.25) is 5.13 Å². The van der Waals surface area contributed by atoms with Crippen LogP contribution < -0.4 is 5.32 Å². The van der Waals surface area contributed by atoms with Crippen LogP contribution in [0.1, 0.15) is 11.1 Å². The topological polar surface area (TPSA) is 70.9 Å². The molecule has 0 fully saturated rings. The van der Waals surface area contributed by atoms with Gasteiger partial charge in [0.05, 0.1) is 6.61 Å². The van der Waals surface area contributed by atoms with Gasteiger partial charge in [0.15, 0.2) is 5.01 Å². The molecular weight excluding hydrogens is 284 g/mol. The van der Waals surface area contributed by atoms with Crippen molar-refractivity contribution in [2.75, 3.05) is 5.32 Å². The SMILES string of the molecule is OCc1ccccc1CNc1nnc(-c2ccccn2)s1. The minimum absolute atomic E-state index is 0.0349. The normalized spacial score (nSPS) is 10.5. The molecule has 0 atom stereocenters. The van der Waals surface area contributed by atoms with Crippen molar-refractivity contribution in [1.82, 2.24) is 15.2 Å². The van der Waals surface area contributed by atoms with Gasteiger partial charge in [-0.25, -0.2) is 0 Å². The first-order valence-corrected chi connectivity index (χ1v) is 7.35. The zero-order chi connectivity index (χ0) is 14.5. The van der Waals surface area contributed by atoms with E-state index >= 15 is 0 Å². The fourth-order valence-electron chi connectivity index (χ4n) is 1.94. The molecule has 2 heterocycles. The molecule has 0 aliphatic carbocycles. The summed E-state index contributed by atoms with van der Waals surface area (Å²) in [6, 6.07) is 13.5. The number of hydrogen-bond donors (Lipinski definition) is 2. The lowest BCUT2D eigenvalue weighted by atomic mass is 10.1. The van der Waals surface area contributed by atoms with E-state index in [1.807, 2.05) is 42.5 Å². The van der Waals surface area contributed by atoms with Crippen molar-refractivity contribution in [3.8, 4) is 10.7 Å². The molecule has 0 radical (unpaired) electrons. The van der Waals surface area contributed by atoms with Gasteiger partial charge in [-0.05, 0) is 23.3 Å². The molecule has 5 nitrogen and oxygen atoms in total. The van der Waals surface area contributed by atoms with Crippen LogP contribution >= 0.6 is 11.3 Å². The van der Waals surface area contributed by atoms with E-state index in [1.165, 1.54) is 11.3 Å². The molecule has 0 saturated heterocycles. The molecule has 0 aliphatic rings. The Bertz CT molecular complexity index is 714. The molecule has 6 heteroatoms. The van der Waals surface area contributed by atoms with Gasteiger partial charge in [0.1, 0.15) is 5.69 Å². The first kappa shape index (κ1) is 13.7. The Morgan fingerprint density at radius 1 is 1.00 bits per heavy atom. The third-order valence-corrected chi connectivity index (χ3v) is 3.93. The Morgan fingerprint density at radius 3 is 2.57 bits per heavy atom. The van der Waals surface area contributed by atoms with Crippen LogP contribution in [0.2, 0.25) is 0 Å². The number of anilines is 1. The first-order valence-electron chi connectivity index (χ1n) is 6.53. The largest absolute Gasteiger partial charge is 0.392 e. The van der Waals surface area contributed by atoms with Crippen LogP contribution in [0, 0.1) is 0 Å². The van der Waals surface area contributed by atoms with E-state index in [0.29, 0.717) is 6.54 Å². The minimum atomic E-state index is 0.0349. The highest BCUT2D eigenvalue weighted by molar-refractivity contribution is 7.18. The molecule has 1 aromatic carbocycles. The van der Waals surface area contributed by atoms with Crippen molar-refractivity contribution in [2.45, 2.75) is 13.2 Å². The van der Waals surface area contributed by atoms with E-state index in [4.69, 9.17) is 0 Å². The Morgan fingerprint density at radius 2 is 1.81 bits per heavy atom. The fourth-order valence-corrected chi connectivity index (χ4v) is 2.66. The van der Waals surface area contributed by atoms with Crippen molar-refractivity contribution in [1.29, 1.82) is 0 Å². The van der Waals surface area contributed by atoms with Gasteiger partial charge in [0.25, 0.3) is 0 Å². The number of hydrogen-bond acceptors (Lipinski definition) is 6. The smallest absolute Gasteiger partial charge is 0.206 e. The summed E-state index contributed by atoms with van der Waals surface area (Å²) >= 11 is 1.46. The lowest BCUT2D eigenvalue weighted by Crippen LogP contribution is -2.02. The zero-order valence-electron chi connectivity index (χ0n) is 11.2. The molecule has 0 saturated carbocycles. The van der Waals surface area contributed by atoms with E-state index in [2.05, 4.69) is 20.5 Å². The van der Waals surface area contributed by atoms with Gasteiger partial charge in [-0.2, -0.15) is 0 Å². The summed E-state index contributed by atoms with van der Waals surface area (Å²) in [5.74, 6) is 0. The molecule has 3 rings (SSSR count). The highest BCUT2D eigenvalue weighted by Crippen LogP contribution is 2.24. The molecule has 0 amide bonds. The number of nitrogens with zero attached hydrogens (tertiary/aromatic N) is 3. The lowest BCUT2D eigenvalue weighted by molar-refractivity contribution is 0.280. The lowest BCUT2D eigenvalue weighted by Gasteiger charge is -2.07. The summed E-state index contributed by atoms with van der Waals surface area (Å²) in [6.07, 6.45) is 1.74. The number of nitrogens with one attached hydrogen (secondary N) is 1. The summed E-state index contributed by atoms with van der Waals surface area (Å²) < 4.78 is 0. The summed E-state index contributed by atoms with van der Waals surface area (Å²) in [6.45, 7) is 0.640. The van der Waals surface area contributed by atoms with Gasteiger partial charge >= 0.3 is 0 Å². The third kappa shape index (κ3) is 3.24. The minimum Gasteiger partial charge on any atom is -0.392 e. The van der Waals surface area contributed by atoms with Crippen LogP contribution in [0.15, 0.2) is 48.7 Å². The summed E-state index contributed by atoms with van der Waals surface area (Å²) in [4.78, 5) is 4.26. The Balaban J connectivity index is 1.71. The second-order valence-corrected chi connectivity index (χ2v) is 5.39. The summed E-state index contributed by atoms with van der Waals surface area (Å²) in [7, 11) is 0. The van der Waals surface area contributed by atoms with E-state index in [1.54, 1.807) is 6.20 Å². The number of benzene rings is 1. The molecule has 0 unspecified atom stereocenters. The van der Waals surface area contributed by atoms with Crippen LogP contribution in [-0.4, -0.2) is 20.3 Å². The average molecular weight is 298 g/mol. The molecule has 2 N–H and O–H groups in total. The van der Waals surface area contributed by atoms with Gasteiger partial charge in [0, 0.05) is 12.7 Å². The van der Waals surface area contributed by atoms with Crippen molar-refractivity contribution < 1.29 is 5.11 Å². The summed E-state index contributed by atoms with van der Waals surface area (Å²) in [5.41, 5.74) is 2.79. The second-order valence-electron chi connectivity index (χ2n) is 4.41. The Hall–Kier alpha value is -2.31. The molecular formula is C15H14N4OS. The van der Waals surface area contributed by atoms with Gasteiger partial charge in [-0.15, -0.1) is 10.2 Å². The molecule has 2 aromatic heterocycles. The molecule has 0 aliphatic heterocycles. The highest BCUT2D eigenvalue weighted by Gasteiger charge is 2.07. The van der Waals surface area contributed by atoms with E-state index in [-0.39, 0.29) is 6.61 Å². The van der Waals surface area contributed by atoms with Crippen LogP contribution in [0.3, 0.4) is 0 Å². The van der Waals surface area contributed by atoms with Crippen molar-refractivity contribution in [3.63, 3.8) is 0 Å². The maximum Gasteiger partial charge on any atom is 0.206 e. The highest BCUT2D eigenvalue weighted by atomic mass is 32.1. The van der Waals surface area contributed by atoms with E-state index in [9.17, 15) is 5.11 Å². The monoisotopic (exact) mass is 298 g/mol. The van der Waals surface area contributed by atoms with Crippen LogP contribution in [-0.2, 0) is 13.2 Å². The molecule has 0 spiro atoms. The number of aliphatic hydroxyl groups excluding tert-OH is 1. The first-order chi connectivity index (χ1) is 10.4. The Kier molecular flexibility index (Phi) is 4.18. The predicted octanol–water partition coefficient (Wildman–Crippen LogP) is 2.70. The standard InChI is InChI=1S/C15H14N4OS/c20-10-12-6-2-1-5-11(12)9-17-15-19-18-14(21-15)13-7-3-4-8-16-13/h1-8,20H,9-10H2,(H,17,19). The van der Waals surface area contributed by atoms with Crippen LogP contribution in [0.4, 0.5) is 5.13 Å². The quantitative estimate of drug-likeness (QED) is 0.758. The average Bonchev–Trinajstić information content (AvgIpc) is 3.03. The number of rotatable bonds is 5. The Labute approximate surface area is 126 Å². The second kappa shape index (κ2) is 6.43. The zero-order valence-corrected chi connectivity index (χ0v) is 12.0. The third-order valence-electron chi connectivity index (χ3n) is 3.03. The van der Waals surface area contributed by atoms with Crippen molar-refractivity contribution in [2.24, 2.45) is 0 Å². The molecule has 21 heavy (non-hydrogen) atoms. The van der Waals surface area contributed by atoms with Crippen LogP contribution in [0.25, 0.3) is 10.7 Å². The molecule has 106 valence electrons. The number of aromatic nitrogens is 3. The fraction of sp³-hybridized carbons (Fsp3) is 0.133. The molecule has 0 bridgehead atoms. The van der Waals surface area contributed by atoms with Gasteiger partial charge in [-0.3, -0.25) is 4.98 Å². The number of pyridine rings is 1. The van der Waals surface area contributed by atoms with Crippen LogP contribution in [0.5, 0.6) is 0 Å². The van der Waals surface area contributed by atoms with Crippen molar-refractivity contribution in [3.05, 3.63) is 59.8 Å². The van der Waals surface area contributed by atoms with Gasteiger partial charge in [-0.1, -0.05) is 41.7 Å². The van der Waals surface area contributed by atoms with E-state index in [0.717, 1.165) is 27.0 Å². The molecule has 3 aromatic rings. The maximum atomic E-state index is 9.31. The predicted molar refractivity (Wildman–Crippen MR) is 82.8 cm³/mol.